The van der Waals surface area contributed by atoms with Gasteiger partial charge in [0, 0.05) is 29.8 Å². The lowest BCUT2D eigenvalue weighted by molar-refractivity contribution is 0.396. The number of aromatic nitrogens is 4. The minimum absolute atomic E-state index is 0.0411. The quantitative estimate of drug-likeness (QED) is 0.842. The first-order chi connectivity index (χ1) is 9.97. The summed E-state index contributed by atoms with van der Waals surface area (Å²) in [6.45, 7) is 7.87. The Morgan fingerprint density at radius 2 is 1.95 bits per heavy atom. The molecule has 21 heavy (non-hydrogen) atoms. The third-order valence-corrected chi connectivity index (χ3v) is 3.49. The molecular weight excluding hydrogens is 266 g/mol. The van der Waals surface area contributed by atoms with E-state index >= 15 is 0 Å². The van der Waals surface area contributed by atoms with Gasteiger partial charge in [-0.1, -0.05) is 20.8 Å². The number of methoxy groups -OCH3 is 1. The summed E-state index contributed by atoms with van der Waals surface area (Å²) in [7, 11) is 1.60. The molecule has 6 nitrogen and oxygen atoms in total. The van der Waals surface area contributed by atoms with Gasteiger partial charge in [0.2, 0.25) is 5.88 Å². The standard InChI is InChI=1S/C15H19N5O/c1-15(2,3)14-16-6-10-7-20(8-11(10)19-14)12-5-13(21-4)18-9-17-12/h5-6,9H,7-8H2,1-4H3. The van der Waals surface area contributed by atoms with Crippen LogP contribution in [0.2, 0.25) is 0 Å². The maximum absolute atomic E-state index is 5.15. The van der Waals surface area contributed by atoms with E-state index in [1.807, 2.05) is 12.3 Å². The molecule has 0 bridgehead atoms. The Kier molecular flexibility index (Phi) is 3.23. The number of hydrogen-bond donors (Lipinski definition) is 0. The average Bonchev–Trinajstić information content (AvgIpc) is 2.89. The molecule has 0 saturated heterocycles. The summed E-state index contributed by atoms with van der Waals surface area (Å²) in [5.41, 5.74) is 2.19. The molecule has 0 fully saturated rings. The Morgan fingerprint density at radius 1 is 1.14 bits per heavy atom. The lowest BCUT2D eigenvalue weighted by Crippen LogP contribution is -2.17. The van der Waals surface area contributed by atoms with Crippen LogP contribution < -0.4 is 9.64 Å². The van der Waals surface area contributed by atoms with Crippen molar-refractivity contribution < 1.29 is 4.74 Å². The number of hydrogen-bond acceptors (Lipinski definition) is 6. The van der Waals surface area contributed by atoms with Crippen LogP contribution in [0.4, 0.5) is 5.82 Å². The fourth-order valence-corrected chi connectivity index (χ4v) is 2.29. The van der Waals surface area contributed by atoms with E-state index in [1.165, 1.54) is 6.33 Å². The van der Waals surface area contributed by atoms with Gasteiger partial charge in [-0.25, -0.2) is 19.9 Å². The van der Waals surface area contributed by atoms with Crippen LogP contribution in [0.5, 0.6) is 5.88 Å². The summed E-state index contributed by atoms with van der Waals surface area (Å²) < 4.78 is 5.15. The lowest BCUT2D eigenvalue weighted by Gasteiger charge is -2.17. The molecule has 2 aromatic rings. The number of nitrogens with zero attached hydrogens (tertiary/aromatic N) is 5. The van der Waals surface area contributed by atoms with Gasteiger partial charge in [-0.15, -0.1) is 0 Å². The first-order valence-corrected chi connectivity index (χ1v) is 6.93. The van der Waals surface area contributed by atoms with Crippen LogP contribution >= 0.6 is 0 Å². The molecule has 110 valence electrons. The molecule has 0 unspecified atom stereocenters. The van der Waals surface area contributed by atoms with E-state index in [-0.39, 0.29) is 5.41 Å². The van der Waals surface area contributed by atoms with E-state index in [2.05, 4.69) is 40.6 Å². The predicted octanol–water partition coefficient (Wildman–Crippen LogP) is 2.09. The molecule has 0 saturated carbocycles. The molecule has 0 aromatic carbocycles. The monoisotopic (exact) mass is 285 g/mol. The molecule has 0 radical (unpaired) electrons. The van der Waals surface area contributed by atoms with Crippen LogP contribution in [-0.4, -0.2) is 27.0 Å². The van der Waals surface area contributed by atoms with Crippen molar-refractivity contribution in [3.8, 4) is 5.88 Å². The molecular formula is C15H19N5O. The largest absolute Gasteiger partial charge is 0.481 e. The zero-order valence-corrected chi connectivity index (χ0v) is 12.8. The number of anilines is 1. The highest BCUT2D eigenvalue weighted by Gasteiger charge is 2.25. The van der Waals surface area contributed by atoms with Crippen molar-refractivity contribution in [2.45, 2.75) is 39.3 Å². The maximum atomic E-state index is 5.15. The van der Waals surface area contributed by atoms with Gasteiger partial charge in [0.1, 0.15) is 18.0 Å². The summed E-state index contributed by atoms with van der Waals surface area (Å²) in [6.07, 6.45) is 3.45. The Labute approximate surface area is 124 Å². The summed E-state index contributed by atoms with van der Waals surface area (Å²) in [4.78, 5) is 19.7. The number of ether oxygens (including phenoxy) is 1. The van der Waals surface area contributed by atoms with Gasteiger partial charge >= 0.3 is 0 Å². The lowest BCUT2D eigenvalue weighted by atomic mass is 9.95. The van der Waals surface area contributed by atoms with E-state index < -0.39 is 0 Å². The van der Waals surface area contributed by atoms with E-state index in [0.29, 0.717) is 5.88 Å². The molecule has 0 spiro atoms. The van der Waals surface area contributed by atoms with Crippen molar-refractivity contribution >= 4 is 5.82 Å². The van der Waals surface area contributed by atoms with Gasteiger partial charge in [-0.05, 0) is 0 Å². The van der Waals surface area contributed by atoms with Crippen LogP contribution in [0, 0.1) is 0 Å². The summed E-state index contributed by atoms with van der Waals surface area (Å²) in [6, 6.07) is 1.84. The topological polar surface area (TPSA) is 64.0 Å². The molecule has 0 N–H and O–H groups in total. The second kappa shape index (κ2) is 4.95. The maximum Gasteiger partial charge on any atom is 0.218 e. The first kappa shape index (κ1) is 13.7. The van der Waals surface area contributed by atoms with Crippen LogP contribution in [-0.2, 0) is 18.5 Å². The van der Waals surface area contributed by atoms with Crippen LogP contribution in [0.25, 0.3) is 0 Å². The van der Waals surface area contributed by atoms with Crippen molar-refractivity contribution in [2.75, 3.05) is 12.0 Å². The Balaban J connectivity index is 1.87. The van der Waals surface area contributed by atoms with Crippen molar-refractivity contribution in [1.29, 1.82) is 0 Å². The summed E-state index contributed by atoms with van der Waals surface area (Å²) >= 11 is 0. The highest BCUT2D eigenvalue weighted by Crippen LogP contribution is 2.28. The average molecular weight is 285 g/mol. The van der Waals surface area contributed by atoms with Gasteiger partial charge in [-0.2, -0.15) is 0 Å². The van der Waals surface area contributed by atoms with Crippen LogP contribution in [0.1, 0.15) is 37.9 Å². The van der Waals surface area contributed by atoms with Crippen molar-refractivity contribution in [1.82, 2.24) is 19.9 Å². The second-order valence-corrected chi connectivity index (χ2v) is 6.19. The van der Waals surface area contributed by atoms with Gasteiger partial charge in [0.15, 0.2) is 0 Å². The van der Waals surface area contributed by atoms with E-state index in [1.54, 1.807) is 7.11 Å². The second-order valence-electron chi connectivity index (χ2n) is 6.19. The fraction of sp³-hybridized carbons (Fsp3) is 0.467. The minimum atomic E-state index is -0.0411. The van der Waals surface area contributed by atoms with E-state index in [9.17, 15) is 0 Å². The van der Waals surface area contributed by atoms with E-state index in [4.69, 9.17) is 9.72 Å². The zero-order valence-electron chi connectivity index (χ0n) is 12.8. The molecule has 2 aromatic heterocycles. The molecule has 6 heteroatoms. The van der Waals surface area contributed by atoms with Gasteiger partial charge < -0.3 is 9.64 Å². The third kappa shape index (κ3) is 2.66. The molecule has 0 atom stereocenters. The number of rotatable bonds is 2. The van der Waals surface area contributed by atoms with Gasteiger partial charge in [0.25, 0.3) is 0 Å². The molecule has 3 heterocycles. The van der Waals surface area contributed by atoms with Crippen LogP contribution in [0.3, 0.4) is 0 Å². The third-order valence-electron chi connectivity index (χ3n) is 3.49. The van der Waals surface area contributed by atoms with Gasteiger partial charge in [-0.3, -0.25) is 0 Å². The fourth-order valence-electron chi connectivity index (χ4n) is 2.29. The highest BCUT2D eigenvalue weighted by molar-refractivity contribution is 5.46. The van der Waals surface area contributed by atoms with Crippen molar-refractivity contribution in [3.05, 3.63) is 35.7 Å². The summed E-state index contributed by atoms with van der Waals surface area (Å²) in [5, 5.41) is 0. The smallest absolute Gasteiger partial charge is 0.218 e. The Bertz CT molecular complexity index is 665. The molecule has 1 aliphatic rings. The van der Waals surface area contributed by atoms with Crippen molar-refractivity contribution in [2.24, 2.45) is 0 Å². The number of fused-ring (bicyclic) bond motifs is 1. The minimum Gasteiger partial charge on any atom is -0.481 e. The van der Waals surface area contributed by atoms with Crippen LogP contribution in [0.15, 0.2) is 18.6 Å². The first-order valence-electron chi connectivity index (χ1n) is 6.93. The van der Waals surface area contributed by atoms with E-state index in [0.717, 1.165) is 36.0 Å². The predicted molar refractivity (Wildman–Crippen MR) is 79.2 cm³/mol. The molecule has 0 aliphatic carbocycles. The summed E-state index contributed by atoms with van der Waals surface area (Å²) in [5.74, 6) is 2.29. The zero-order chi connectivity index (χ0) is 15.0. The SMILES string of the molecule is COc1cc(N2Cc3cnc(C(C)(C)C)nc3C2)ncn1. The Hall–Kier alpha value is -2.24. The highest BCUT2D eigenvalue weighted by atomic mass is 16.5. The molecule has 0 amide bonds. The van der Waals surface area contributed by atoms with Crippen molar-refractivity contribution in [3.63, 3.8) is 0 Å². The molecule has 3 rings (SSSR count). The normalized spacial score (nSPS) is 14.2. The molecule has 1 aliphatic heterocycles. The Morgan fingerprint density at radius 3 is 2.67 bits per heavy atom. The van der Waals surface area contributed by atoms with Gasteiger partial charge in [0.05, 0.1) is 19.3 Å².